The minimum absolute atomic E-state index is 0.722. The Hall–Kier alpha value is -0.830. The van der Waals surface area contributed by atoms with E-state index in [1.165, 1.54) is 19.5 Å². The van der Waals surface area contributed by atoms with Gasteiger partial charge in [-0.2, -0.15) is 0 Å². The molecule has 3 nitrogen and oxygen atoms in total. The Kier molecular flexibility index (Phi) is 4.82. The van der Waals surface area contributed by atoms with Gasteiger partial charge in [0.2, 0.25) is 0 Å². The molecule has 1 heterocycles. The highest BCUT2D eigenvalue weighted by atomic mass is 16.4. The van der Waals surface area contributed by atoms with Crippen molar-refractivity contribution in [3.05, 3.63) is 12.7 Å². The number of carbonyl (C=O) groups excluding carboxylic acids is 1. The van der Waals surface area contributed by atoms with E-state index < -0.39 is 5.97 Å². The van der Waals surface area contributed by atoms with E-state index in [9.17, 15) is 0 Å². The molecule has 1 aliphatic rings. The molecule has 1 saturated heterocycles. The van der Waals surface area contributed by atoms with Crippen molar-refractivity contribution in [3.63, 3.8) is 0 Å². The van der Waals surface area contributed by atoms with E-state index in [2.05, 4.69) is 11.9 Å². The minimum atomic E-state index is -1.23. The van der Waals surface area contributed by atoms with Crippen molar-refractivity contribution in [2.45, 2.75) is 6.42 Å². The maximum Gasteiger partial charge on any atom is 0.0809 e. The second kappa shape index (κ2) is 5.31. The molecule has 0 bridgehead atoms. The zero-order valence-corrected chi connectivity index (χ0v) is 5.30. The van der Waals surface area contributed by atoms with Crippen molar-refractivity contribution in [1.29, 1.82) is 0 Å². The van der Waals surface area contributed by atoms with Crippen LogP contribution in [0.5, 0.6) is 0 Å². The standard InChI is InChI=1S/C3H7N.C3H4O2/c1-2-4-3-1;1-2-3(4)5/h4H,1-3H2;2H,1H2,(H,4,5). The molecule has 0 saturated carbocycles. The maximum atomic E-state index is 9.14. The Morgan fingerprint density at radius 2 is 1.89 bits per heavy atom. The van der Waals surface area contributed by atoms with Crippen molar-refractivity contribution < 1.29 is 15.2 Å². The molecule has 52 valence electrons. The predicted molar refractivity (Wildman–Crippen MR) is 31.5 cm³/mol. The Balaban J connectivity index is 0.000000144. The topological polar surface area (TPSA) is 56.7 Å². The van der Waals surface area contributed by atoms with Gasteiger partial charge in [-0.25, -0.2) is 0 Å². The molecule has 0 atom stereocenters. The molecule has 1 rings (SSSR count). The van der Waals surface area contributed by atoms with E-state index in [1.807, 2.05) is 0 Å². The highest BCUT2D eigenvalue weighted by molar-refractivity contribution is 5.76. The van der Waals surface area contributed by atoms with Gasteiger partial charge in [0.25, 0.3) is 0 Å². The van der Waals surface area contributed by atoms with Crippen LogP contribution in [-0.2, 0) is 4.79 Å². The second-order valence-corrected chi connectivity index (χ2v) is 1.74. The van der Waals surface area contributed by atoms with Crippen LogP contribution in [-0.4, -0.2) is 19.1 Å². The van der Waals surface area contributed by atoms with Crippen LogP contribution in [0.3, 0.4) is 0 Å². The molecular formula is C6H11NO2. The van der Waals surface area contributed by atoms with Gasteiger partial charge >= 0.3 is 0 Å². The fourth-order valence-electron chi connectivity index (χ4n) is 0.204. The number of nitrogens with two attached hydrogens (primary N) is 1. The summed E-state index contributed by atoms with van der Waals surface area (Å²) >= 11 is 0. The Morgan fingerprint density at radius 1 is 1.67 bits per heavy atom. The number of carboxylic acid groups (broad SMARTS) is 1. The SMILES string of the molecule is C1C[NH2+]C1.C=CC(=O)[O-]. The van der Waals surface area contributed by atoms with Crippen molar-refractivity contribution >= 4 is 5.97 Å². The van der Waals surface area contributed by atoms with Gasteiger partial charge in [-0.15, -0.1) is 0 Å². The van der Waals surface area contributed by atoms with Gasteiger partial charge in [0.05, 0.1) is 19.1 Å². The van der Waals surface area contributed by atoms with Crippen LogP contribution >= 0.6 is 0 Å². The average molecular weight is 129 g/mol. The first-order chi connectivity index (χ1) is 4.27. The highest BCUT2D eigenvalue weighted by Crippen LogP contribution is 1.67. The lowest BCUT2D eigenvalue weighted by molar-refractivity contribution is -0.705. The van der Waals surface area contributed by atoms with Gasteiger partial charge in [0.15, 0.2) is 0 Å². The molecule has 1 aliphatic heterocycles. The number of hydrogen-bond donors (Lipinski definition) is 1. The summed E-state index contributed by atoms with van der Waals surface area (Å²) in [6.07, 6.45) is 2.17. The summed E-state index contributed by atoms with van der Waals surface area (Å²) < 4.78 is 0. The summed E-state index contributed by atoms with van der Waals surface area (Å²) in [4.78, 5) is 9.14. The van der Waals surface area contributed by atoms with Crippen LogP contribution in [0.15, 0.2) is 12.7 Å². The molecule has 2 N–H and O–H groups in total. The van der Waals surface area contributed by atoms with Crippen LogP contribution in [0.2, 0.25) is 0 Å². The third-order valence-corrected chi connectivity index (χ3v) is 0.983. The normalized spacial score (nSPS) is 14.2. The lowest BCUT2D eigenvalue weighted by Crippen LogP contribution is -2.92. The molecule has 0 aliphatic carbocycles. The first-order valence-electron chi connectivity index (χ1n) is 2.92. The third kappa shape index (κ3) is 7.17. The molecule has 0 aromatic heterocycles. The van der Waals surface area contributed by atoms with Crippen molar-refractivity contribution in [1.82, 2.24) is 0 Å². The highest BCUT2D eigenvalue weighted by Gasteiger charge is 1.98. The van der Waals surface area contributed by atoms with Crippen LogP contribution in [0.25, 0.3) is 0 Å². The van der Waals surface area contributed by atoms with Crippen LogP contribution < -0.4 is 10.4 Å². The van der Waals surface area contributed by atoms with Gasteiger partial charge in [-0.1, -0.05) is 6.58 Å². The first-order valence-corrected chi connectivity index (χ1v) is 2.92. The van der Waals surface area contributed by atoms with Gasteiger partial charge in [0, 0.05) is 6.42 Å². The summed E-state index contributed by atoms with van der Waals surface area (Å²) in [5.41, 5.74) is 0. The molecule has 9 heavy (non-hydrogen) atoms. The smallest absolute Gasteiger partial charge is 0.0809 e. The molecule has 0 amide bonds. The monoisotopic (exact) mass is 129 g/mol. The number of rotatable bonds is 1. The van der Waals surface area contributed by atoms with Gasteiger partial charge in [0.1, 0.15) is 0 Å². The Bertz CT molecular complexity index is 93.2. The molecule has 0 aromatic rings. The molecule has 0 spiro atoms. The Morgan fingerprint density at radius 3 is 1.89 bits per heavy atom. The van der Waals surface area contributed by atoms with E-state index in [4.69, 9.17) is 9.90 Å². The number of hydrogen-bond acceptors (Lipinski definition) is 2. The summed E-state index contributed by atoms with van der Waals surface area (Å²) in [7, 11) is 0. The Labute approximate surface area is 54.4 Å². The predicted octanol–water partition coefficient (Wildman–Crippen LogP) is -2.12. The minimum Gasteiger partial charge on any atom is -0.545 e. The number of carbonyl (C=O) groups is 1. The number of aliphatic carboxylic acids is 1. The maximum absolute atomic E-state index is 9.14. The fourth-order valence-corrected chi connectivity index (χ4v) is 0.204. The van der Waals surface area contributed by atoms with E-state index in [-0.39, 0.29) is 0 Å². The van der Waals surface area contributed by atoms with E-state index >= 15 is 0 Å². The van der Waals surface area contributed by atoms with Crippen LogP contribution in [0, 0.1) is 0 Å². The van der Waals surface area contributed by atoms with Gasteiger partial charge in [-0.3, -0.25) is 0 Å². The first kappa shape index (κ1) is 8.17. The number of quaternary nitrogens is 1. The third-order valence-electron chi connectivity index (χ3n) is 0.983. The lowest BCUT2D eigenvalue weighted by Gasteiger charge is -2.05. The zero-order valence-electron chi connectivity index (χ0n) is 5.30. The fraction of sp³-hybridized carbons (Fsp3) is 0.500. The summed E-state index contributed by atoms with van der Waals surface area (Å²) in [5.74, 6) is -1.23. The molecule has 1 fully saturated rings. The number of carboxylic acids is 1. The summed E-state index contributed by atoms with van der Waals surface area (Å²) in [5, 5.41) is 11.4. The lowest BCUT2D eigenvalue weighted by atomic mass is 10.3. The summed E-state index contributed by atoms with van der Waals surface area (Å²) in [6, 6.07) is 0. The van der Waals surface area contributed by atoms with Crippen molar-refractivity contribution in [3.8, 4) is 0 Å². The quantitative estimate of drug-likeness (QED) is 0.411. The van der Waals surface area contributed by atoms with Crippen molar-refractivity contribution in [2.24, 2.45) is 0 Å². The van der Waals surface area contributed by atoms with Crippen molar-refractivity contribution in [2.75, 3.05) is 13.1 Å². The zero-order chi connectivity index (χ0) is 7.11. The average Bonchev–Trinajstić information content (AvgIpc) is 1.61. The second-order valence-electron chi connectivity index (χ2n) is 1.74. The molecule has 0 unspecified atom stereocenters. The van der Waals surface area contributed by atoms with Gasteiger partial charge < -0.3 is 15.2 Å². The molecule has 0 radical (unpaired) electrons. The summed E-state index contributed by atoms with van der Waals surface area (Å²) in [6.45, 7) is 5.65. The molecule has 0 aromatic carbocycles. The largest absolute Gasteiger partial charge is 0.545 e. The molecule has 3 heteroatoms. The van der Waals surface area contributed by atoms with E-state index in [1.54, 1.807) is 0 Å². The van der Waals surface area contributed by atoms with E-state index in [0.717, 1.165) is 6.08 Å². The van der Waals surface area contributed by atoms with Gasteiger partial charge in [-0.05, 0) is 6.08 Å². The van der Waals surface area contributed by atoms with E-state index in [0.29, 0.717) is 0 Å². The van der Waals surface area contributed by atoms with Crippen LogP contribution in [0.1, 0.15) is 6.42 Å². The van der Waals surface area contributed by atoms with Crippen LogP contribution in [0.4, 0.5) is 0 Å². The molecular weight excluding hydrogens is 118 g/mol.